The van der Waals surface area contributed by atoms with Crippen LogP contribution in [0.4, 0.5) is 37.5 Å². The van der Waals surface area contributed by atoms with Crippen LogP contribution in [0.3, 0.4) is 0 Å². The van der Waals surface area contributed by atoms with Crippen molar-refractivity contribution in [3.05, 3.63) is 122 Å². The number of nitrogens with one attached hydrogen (secondary N) is 1. The number of hydrogen-bond acceptors (Lipinski definition) is 12. The summed E-state index contributed by atoms with van der Waals surface area (Å²) < 4.78 is 30.2. The van der Waals surface area contributed by atoms with E-state index in [1.807, 2.05) is 36.6 Å². The van der Waals surface area contributed by atoms with Crippen molar-refractivity contribution in [2.24, 2.45) is 4.99 Å². The highest BCUT2D eigenvalue weighted by atomic mass is 19.1. The molecule has 10 rings (SSSR count). The molecule has 3 atom stereocenters. The predicted octanol–water partition coefficient (Wildman–Crippen LogP) is 6.47. The molecule has 63 heavy (non-hydrogen) atoms. The Bertz CT molecular complexity index is 2870. The summed E-state index contributed by atoms with van der Waals surface area (Å²) in [6.07, 6.45) is 18.5. The van der Waals surface area contributed by atoms with Gasteiger partial charge in [0, 0.05) is 62.4 Å². The first kappa shape index (κ1) is 40.4. The average molecular weight is 850 g/mol. The highest BCUT2D eigenvalue weighted by Gasteiger charge is 2.40. The van der Waals surface area contributed by atoms with Gasteiger partial charge in [0.25, 0.3) is 0 Å². The first-order chi connectivity index (χ1) is 30.6. The van der Waals surface area contributed by atoms with Crippen LogP contribution in [-0.4, -0.2) is 99.5 Å². The zero-order valence-electron chi connectivity index (χ0n) is 34.9. The molecule has 1 N–H and O–H groups in total. The van der Waals surface area contributed by atoms with Gasteiger partial charge in [-0.1, -0.05) is 13.8 Å². The van der Waals surface area contributed by atoms with Crippen LogP contribution in [0.15, 0.2) is 115 Å². The van der Waals surface area contributed by atoms with E-state index in [-0.39, 0.29) is 29.5 Å². The average Bonchev–Trinajstić information content (AvgIpc) is 4.16. The van der Waals surface area contributed by atoms with Crippen molar-refractivity contribution in [1.29, 1.82) is 0 Å². The van der Waals surface area contributed by atoms with E-state index >= 15 is 0 Å². The second kappa shape index (κ2) is 16.5. The highest BCUT2D eigenvalue weighted by Crippen LogP contribution is 2.40. The third-order valence-corrected chi connectivity index (χ3v) is 11.1. The zero-order valence-corrected chi connectivity index (χ0v) is 34.9. The summed E-state index contributed by atoms with van der Waals surface area (Å²) in [5, 5.41) is 6.84. The molecular formula is C44H41F2N15O2. The number of likely N-dealkylation sites (N-methyl/N-ethyl adjacent to an activating group) is 2. The first-order valence-electron chi connectivity index (χ1n) is 20.3. The number of nitrogens with zero attached hydrogens (tertiary/aromatic N) is 14. The van der Waals surface area contributed by atoms with E-state index in [9.17, 15) is 18.4 Å². The molecule has 0 spiro atoms. The molecule has 0 aliphatic carbocycles. The van der Waals surface area contributed by atoms with E-state index in [4.69, 9.17) is 9.97 Å². The summed E-state index contributed by atoms with van der Waals surface area (Å²) in [6, 6.07) is 11.4. The number of benzene rings is 2. The van der Waals surface area contributed by atoms with Gasteiger partial charge in [0.2, 0.25) is 23.7 Å². The number of allylic oxidation sites excluding steroid dienone is 1. The molecule has 5 aromatic heterocycles. The van der Waals surface area contributed by atoms with E-state index in [2.05, 4.69) is 35.1 Å². The summed E-state index contributed by atoms with van der Waals surface area (Å²) in [5.41, 5.74) is 4.29. The van der Waals surface area contributed by atoms with Gasteiger partial charge in [-0.25, -0.2) is 28.7 Å². The number of amides is 2. The lowest BCUT2D eigenvalue weighted by molar-refractivity contribution is -0.120. The van der Waals surface area contributed by atoms with Crippen LogP contribution >= 0.6 is 0 Å². The number of aliphatic imine (C=N–C) groups is 1. The SMILES string of the molecule is CCC1C(=O)N(C)c2cnc(-n3ccnc3-c3ccc(F)cc3)nc2N1C1=CC(C)N=C1.CCC1C(=O)N(C)c2cnc(-n3ccnc3-c3ccc(F)cc3)nc2N1c1cn[nH]c1. The molecule has 8 heterocycles. The maximum Gasteiger partial charge on any atom is 0.250 e. The van der Waals surface area contributed by atoms with E-state index in [0.717, 1.165) is 22.5 Å². The molecule has 0 radical (unpaired) electrons. The second-order valence-corrected chi connectivity index (χ2v) is 15.0. The number of hydrogen-bond donors (Lipinski definition) is 1. The van der Waals surface area contributed by atoms with Crippen LogP contribution in [0.2, 0.25) is 0 Å². The lowest BCUT2D eigenvalue weighted by atomic mass is 10.1. The number of carbonyl (C=O) groups excluding carboxylic acids is 2. The molecule has 0 saturated heterocycles. The standard InChI is InChI=1S/C23H22FN7O.C21H19FN8O/c1-4-18-22(32)29(3)19-13-27-23(28-21(19)31(18)17-11-14(2)26-12-17)30-10-9-25-20(30)15-5-7-16(24)8-6-15;1-3-16-20(31)28(2)17-12-24-21(27-19(17)30(16)15-10-25-26-11-15)29-9-8-23-18(29)13-4-6-14(22)7-5-13/h5-14,18H,4H2,1-3H3;4-12,16H,3H2,1-2H3,(H,25,26). The highest BCUT2D eigenvalue weighted by molar-refractivity contribution is 6.07. The minimum atomic E-state index is -0.419. The molecule has 3 aliphatic rings. The van der Waals surface area contributed by atoms with Crippen molar-refractivity contribution < 1.29 is 18.4 Å². The molecule has 318 valence electrons. The first-order valence-corrected chi connectivity index (χ1v) is 20.3. The fourth-order valence-electron chi connectivity index (χ4n) is 7.89. The van der Waals surface area contributed by atoms with Crippen molar-refractivity contribution >= 4 is 46.7 Å². The van der Waals surface area contributed by atoms with Crippen LogP contribution in [-0.2, 0) is 9.59 Å². The van der Waals surface area contributed by atoms with Gasteiger partial charge in [-0.05, 0) is 74.4 Å². The minimum Gasteiger partial charge on any atom is -0.311 e. The summed E-state index contributed by atoms with van der Waals surface area (Å²) in [6.45, 7) is 5.93. The molecule has 19 heteroatoms. The van der Waals surface area contributed by atoms with E-state index in [1.165, 1.54) is 24.3 Å². The lowest BCUT2D eigenvalue weighted by Gasteiger charge is -2.40. The quantitative estimate of drug-likeness (QED) is 0.177. The Kier molecular flexibility index (Phi) is 10.6. The van der Waals surface area contributed by atoms with Gasteiger partial charge >= 0.3 is 0 Å². The maximum absolute atomic E-state index is 13.4. The normalized spacial score (nSPS) is 18.0. The monoisotopic (exact) mass is 849 g/mol. The Morgan fingerprint density at radius 3 is 1.60 bits per heavy atom. The van der Waals surface area contributed by atoms with Crippen molar-refractivity contribution in [3.63, 3.8) is 0 Å². The number of halogens is 2. The molecule has 7 aromatic rings. The topological polar surface area (TPSA) is 175 Å². The Morgan fingerprint density at radius 1 is 0.667 bits per heavy atom. The second-order valence-electron chi connectivity index (χ2n) is 15.0. The largest absolute Gasteiger partial charge is 0.311 e. The molecule has 0 saturated carbocycles. The number of aromatic amines is 1. The summed E-state index contributed by atoms with van der Waals surface area (Å²) in [4.78, 5) is 65.0. The molecular weight excluding hydrogens is 809 g/mol. The van der Waals surface area contributed by atoms with Crippen molar-refractivity contribution in [2.45, 2.75) is 51.7 Å². The molecule has 3 aliphatic heterocycles. The molecule has 17 nitrogen and oxygen atoms in total. The Hall–Kier alpha value is -7.96. The number of H-pyrrole nitrogens is 1. The molecule has 2 amide bonds. The van der Waals surface area contributed by atoms with Crippen LogP contribution < -0.4 is 19.6 Å². The molecule has 0 fully saturated rings. The van der Waals surface area contributed by atoms with Gasteiger partial charge < -0.3 is 19.6 Å². The van der Waals surface area contributed by atoms with Gasteiger partial charge in [-0.2, -0.15) is 15.1 Å². The fourth-order valence-corrected chi connectivity index (χ4v) is 7.89. The van der Waals surface area contributed by atoms with E-state index < -0.39 is 12.1 Å². The van der Waals surface area contributed by atoms with Crippen LogP contribution in [0.5, 0.6) is 0 Å². The number of carbonyl (C=O) groups is 2. The fraction of sp³-hybridized carbons (Fsp3) is 0.227. The van der Waals surface area contributed by atoms with Gasteiger partial charge in [-0.15, -0.1) is 0 Å². The third-order valence-electron chi connectivity index (χ3n) is 11.1. The van der Waals surface area contributed by atoms with Crippen LogP contribution in [0, 0.1) is 11.6 Å². The zero-order chi connectivity index (χ0) is 43.9. The molecule has 3 unspecified atom stereocenters. The van der Waals surface area contributed by atoms with E-state index in [0.29, 0.717) is 59.4 Å². The lowest BCUT2D eigenvalue weighted by Crippen LogP contribution is -2.52. The van der Waals surface area contributed by atoms with Crippen molar-refractivity contribution in [3.8, 4) is 34.7 Å². The van der Waals surface area contributed by atoms with Crippen LogP contribution in [0.1, 0.15) is 33.6 Å². The van der Waals surface area contributed by atoms with Gasteiger partial charge in [-0.3, -0.25) is 28.8 Å². The van der Waals surface area contributed by atoms with Gasteiger partial charge in [0.15, 0.2) is 11.6 Å². The van der Waals surface area contributed by atoms with Crippen molar-refractivity contribution in [2.75, 3.05) is 33.7 Å². The minimum absolute atomic E-state index is 0.0140. The smallest absolute Gasteiger partial charge is 0.250 e. The maximum atomic E-state index is 13.4. The number of fused-ring (bicyclic) bond motifs is 2. The van der Waals surface area contributed by atoms with Gasteiger partial charge in [0.1, 0.15) is 46.7 Å². The van der Waals surface area contributed by atoms with Crippen molar-refractivity contribution in [1.82, 2.24) is 49.2 Å². The van der Waals surface area contributed by atoms with E-state index in [1.54, 1.807) is 113 Å². The Labute approximate surface area is 360 Å². The Balaban J connectivity index is 0.000000160. The Morgan fingerprint density at radius 2 is 1.16 bits per heavy atom. The van der Waals surface area contributed by atoms with Crippen LogP contribution in [0.25, 0.3) is 34.7 Å². The summed E-state index contributed by atoms with van der Waals surface area (Å²) >= 11 is 0. The third kappa shape index (κ3) is 7.25. The molecule has 2 aromatic carbocycles. The summed E-state index contributed by atoms with van der Waals surface area (Å²) in [5.74, 6) is 2.53. The number of anilines is 5. The number of aromatic nitrogens is 10. The predicted molar refractivity (Wildman–Crippen MR) is 233 cm³/mol. The summed E-state index contributed by atoms with van der Waals surface area (Å²) in [7, 11) is 3.46. The molecule has 0 bridgehead atoms. The number of rotatable bonds is 8. The van der Waals surface area contributed by atoms with Gasteiger partial charge in [0.05, 0.1) is 36.0 Å². The number of imidazole rings is 2.